The molecule has 1 aliphatic rings. The molecule has 1 aliphatic heterocycles. The molecule has 0 radical (unpaired) electrons. The van der Waals surface area contributed by atoms with E-state index in [1.165, 1.54) is 15.2 Å². The highest BCUT2D eigenvalue weighted by Gasteiger charge is 2.25. The van der Waals surface area contributed by atoms with Gasteiger partial charge < -0.3 is 0 Å². The summed E-state index contributed by atoms with van der Waals surface area (Å²) in [6, 6.07) is 13.0. The first-order valence-corrected chi connectivity index (χ1v) is 9.87. The van der Waals surface area contributed by atoms with Gasteiger partial charge in [0.1, 0.15) is 0 Å². The number of hydrogen-bond acceptors (Lipinski definition) is 4. The fourth-order valence-corrected chi connectivity index (χ4v) is 3.88. The normalized spacial score (nSPS) is 17.0. The summed E-state index contributed by atoms with van der Waals surface area (Å²) in [5.41, 5.74) is 1.61. The molecule has 6 nitrogen and oxygen atoms in total. The van der Waals surface area contributed by atoms with E-state index in [9.17, 15) is 13.2 Å². The third kappa shape index (κ3) is 3.91. The molecule has 0 amide bonds. The van der Waals surface area contributed by atoms with Gasteiger partial charge >= 0.3 is 0 Å². The summed E-state index contributed by atoms with van der Waals surface area (Å²) in [6.45, 7) is 1.55. The Kier molecular flexibility index (Phi) is 4.82. The van der Waals surface area contributed by atoms with Gasteiger partial charge in [0.25, 0.3) is 5.56 Å². The monoisotopic (exact) mass is 347 g/mol. The maximum Gasteiger partial charge on any atom is 0.266 e. The van der Waals surface area contributed by atoms with Crippen LogP contribution in [0.1, 0.15) is 12.8 Å². The molecule has 0 aliphatic carbocycles. The summed E-state index contributed by atoms with van der Waals surface area (Å²) in [4.78, 5) is 12.1. The molecular weight excluding hydrogens is 326 g/mol. The van der Waals surface area contributed by atoms with Crippen LogP contribution in [0.2, 0.25) is 0 Å². The average molecular weight is 347 g/mol. The fourth-order valence-electron chi connectivity index (χ4n) is 3.01. The molecule has 1 saturated heterocycles. The van der Waals surface area contributed by atoms with Crippen molar-refractivity contribution in [3.05, 3.63) is 52.8 Å². The van der Waals surface area contributed by atoms with Crippen molar-refractivity contribution in [1.82, 2.24) is 14.1 Å². The molecule has 0 bridgehead atoms. The second kappa shape index (κ2) is 6.86. The van der Waals surface area contributed by atoms with Gasteiger partial charge in [0.05, 0.1) is 11.9 Å². The largest absolute Gasteiger partial charge is 0.268 e. The number of rotatable bonds is 4. The molecule has 3 rings (SSSR count). The average Bonchev–Trinajstić information content (AvgIpc) is 2.57. The molecule has 24 heavy (non-hydrogen) atoms. The smallest absolute Gasteiger partial charge is 0.266 e. The number of hydrogen-bond donors (Lipinski definition) is 0. The lowest BCUT2D eigenvalue weighted by molar-refractivity contribution is 0.245. The Morgan fingerprint density at radius 2 is 1.75 bits per heavy atom. The van der Waals surface area contributed by atoms with Gasteiger partial charge in [-0.3, -0.25) is 4.79 Å². The van der Waals surface area contributed by atoms with Crippen LogP contribution in [0, 0.1) is 5.92 Å². The molecular formula is C17H21N3O3S. The van der Waals surface area contributed by atoms with Crippen molar-refractivity contribution in [2.24, 2.45) is 5.92 Å². The Labute approximate surface area is 141 Å². The first kappa shape index (κ1) is 16.9. The summed E-state index contributed by atoms with van der Waals surface area (Å²) in [6.07, 6.45) is 2.73. The van der Waals surface area contributed by atoms with E-state index in [0.29, 0.717) is 19.6 Å². The third-order valence-electron chi connectivity index (χ3n) is 4.41. The number of piperidine rings is 1. The van der Waals surface area contributed by atoms with Crippen molar-refractivity contribution < 1.29 is 8.42 Å². The summed E-state index contributed by atoms with van der Waals surface area (Å²) >= 11 is 0. The summed E-state index contributed by atoms with van der Waals surface area (Å²) in [5.74, 6) is 0.263. The number of benzene rings is 1. The topological polar surface area (TPSA) is 72.3 Å². The minimum atomic E-state index is -3.12. The zero-order chi connectivity index (χ0) is 17.2. The van der Waals surface area contributed by atoms with Crippen LogP contribution in [0.15, 0.2) is 47.3 Å². The zero-order valence-corrected chi connectivity index (χ0v) is 14.4. The van der Waals surface area contributed by atoms with Crippen LogP contribution in [0.3, 0.4) is 0 Å². The minimum absolute atomic E-state index is 0.125. The molecule has 0 atom stereocenters. The molecule has 0 unspecified atom stereocenters. The molecule has 1 aromatic heterocycles. The van der Waals surface area contributed by atoms with Crippen molar-refractivity contribution >= 4 is 10.0 Å². The van der Waals surface area contributed by atoms with Gasteiger partial charge in [-0.05, 0) is 24.8 Å². The highest BCUT2D eigenvalue weighted by Crippen LogP contribution is 2.21. The van der Waals surface area contributed by atoms with Crippen LogP contribution in [-0.4, -0.2) is 41.8 Å². The Balaban J connectivity index is 1.73. The van der Waals surface area contributed by atoms with Crippen LogP contribution in [0.4, 0.5) is 0 Å². The van der Waals surface area contributed by atoms with Crippen molar-refractivity contribution in [3.8, 4) is 11.3 Å². The van der Waals surface area contributed by atoms with Crippen LogP contribution >= 0.6 is 0 Å². The molecule has 2 heterocycles. The first-order chi connectivity index (χ1) is 11.4. The highest BCUT2D eigenvalue weighted by molar-refractivity contribution is 7.88. The standard InChI is InChI=1S/C17H21N3O3S/c1-24(22,23)19-11-9-14(10-12-19)13-20-17(21)8-7-16(18-20)15-5-3-2-4-6-15/h2-8,14H,9-13H2,1H3. The molecule has 7 heteroatoms. The lowest BCUT2D eigenvalue weighted by Crippen LogP contribution is -2.39. The SMILES string of the molecule is CS(=O)(=O)N1CCC(Cn2nc(-c3ccccc3)ccc2=O)CC1. The van der Waals surface area contributed by atoms with Gasteiger partial charge in [-0.25, -0.2) is 17.4 Å². The Morgan fingerprint density at radius 1 is 1.08 bits per heavy atom. The van der Waals surface area contributed by atoms with Gasteiger partial charge in [0.15, 0.2) is 0 Å². The quantitative estimate of drug-likeness (QED) is 0.842. The van der Waals surface area contributed by atoms with Crippen molar-refractivity contribution in [1.29, 1.82) is 0 Å². The van der Waals surface area contributed by atoms with E-state index in [1.807, 2.05) is 30.3 Å². The Hall–Kier alpha value is -1.99. The van der Waals surface area contributed by atoms with Crippen molar-refractivity contribution in [3.63, 3.8) is 0 Å². The number of aromatic nitrogens is 2. The maximum atomic E-state index is 12.1. The lowest BCUT2D eigenvalue weighted by Gasteiger charge is -2.30. The van der Waals surface area contributed by atoms with E-state index in [2.05, 4.69) is 5.10 Å². The molecule has 2 aromatic rings. The van der Waals surface area contributed by atoms with E-state index in [-0.39, 0.29) is 11.5 Å². The third-order valence-corrected chi connectivity index (χ3v) is 5.71. The van der Waals surface area contributed by atoms with Gasteiger partial charge in [-0.1, -0.05) is 30.3 Å². The highest BCUT2D eigenvalue weighted by atomic mass is 32.2. The van der Waals surface area contributed by atoms with Gasteiger partial charge in [0, 0.05) is 31.3 Å². The molecule has 1 fully saturated rings. The Bertz CT molecular complexity index is 854. The lowest BCUT2D eigenvalue weighted by atomic mass is 9.98. The van der Waals surface area contributed by atoms with Crippen LogP contribution in [-0.2, 0) is 16.6 Å². The van der Waals surface area contributed by atoms with E-state index < -0.39 is 10.0 Å². The first-order valence-electron chi connectivity index (χ1n) is 8.02. The Morgan fingerprint density at radius 3 is 2.38 bits per heavy atom. The van der Waals surface area contributed by atoms with Crippen LogP contribution < -0.4 is 5.56 Å². The van der Waals surface area contributed by atoms with E-state index in [1.54, 1.807) is 12.1 Å². The molecule has 128 valence electrons. The van der Waals surface area contributed by atoms with Crippen molar-refractivity contribution in [2.75, 3.05) is 19.3 Å². The molecule has 0 N–H and O–H groups in total. The predicted molar refractivity (Wildman–Crippen MR) is 93.1 cm³/mol. The number of sulfonamides is 1. The summed E-state index contributed by atoms with van der Waals surface area (Å²) in [7, 11) is -3.12. The van der Waals surface area contributed by atoms with E-state index in [4.69, 9.17) is 0 Å². The second-order valence-electron chi connectivity index (χ2n) is 6.21. The maximum absolute atomic E-state index is 12.1. The van der Waals surface area contributed by atoms with E-state index >= 15 is 0 Å². The van der Waals surface area contributed by atoms with Gasteiger partial charge in [-0.2, -0.15) is 5.10 Å². The molecule has 1 aromatic carbocycles. The van der Waals surface area contributed by atoms with Crippen molar-refractivity contribution in [2.45, 2.75) is 19.4 Å². The summed E-state index contributed by atoms with van der Waals surface area (Å²) < 4.78 is 26.1. The number of nitrogens with zero attached hydrogens (tertiary/aromatic N) is 3. The summed E-state index contributed by atoms with van der Waals surface area (Å²) in [5, 5.41) is 4.48. The van der Waals surface area contributed by atoms with Crippen LogP contribution in [0.25, 0.3) is 11.3 Å². The second-order valence-corrected chi connectivity index (χ2v) is 8.19. The fraction of sp³-hybridized carbons (Fsp3) is 0.412. The van der Waals surface area contributed by atoms with Gasteiger partial charge in [0.2, 0.25) is 10.0 Å². The van der Waals surface area contributed by atoms with Crippen LogP contribution in [0.5, 0.6) is 0 Å². The zero-order valence-electron chi connectivity index (χ0n) is 13.6. The minimum Gasteiger partial charge on any atom is -0.268 e. The molecule has 0 spiro atoms. The molecule has 0 saturated carbocycles. The van der Waals surface area contributed by atoms with E-state index in [0.717, 1.165) is 24.1 Å². The predicted octanol–water partition coefficient (Wildman–Crippen LogP) is 1.58. The van der Waals surface area contributed by atoms with Gasteiger partial charge in [-0.15, -0.1) is 0 Å².